The van der Waals surface area contributed by atoms with Crippen LogP contribution >= 0.6 is 12.2 Å². The fraction of sp³-hybridized carbons (Fsp3) is 0.286. The number of aromatic amines is 2. The van der Waals surface area contributed by atoms with Gasteiger partial charge >= 0.3 is 0 Å². The first kappa shape index (κ1) is 12.8. The Morgan fingerprint density at radius 3 is 2.22 bits per heavy atom. The normalized spacial score (nSPS) is 10.6. The van der Waals surface area contributed by atoms with Crippen molar-refractivity contribution in [3.05, 3.63) is 61.3 Å². The van der Waals surface area contributed by atoms with Crippen molar-refractivity contribution in [2.24, 2.45) is 0 Å². The Bertz CT molecular complexity index is 677. The van der Waals surface area contributed by atoms with E-state index in [1.54, 1.807) is 0 Å². The van der Waals surface area contributed by atoms with Gasteiger partial charge < -0.3 is 4.98 Å². The minimum absolute atomic E-state index is 0.101. The molecule has 1 aromatic heterocycles. The number of rotatable bonds is 2. The first-order valence-corrected chi connectivity index (χ1v) is 6.26. The standard InChI is InChI=1S/C14H16N2OS/c1-8-4-9(2)6-11(5-8)7-12-10(3)15-14(18)16-13(12)17/h4-6H,7H2,1-3H3,(H2,15,16,17,18). The second-order valence-electron chi connectivity index (χ2n) is 4.68. The summed E-state index contributed by atoms with van der Waals surface area (Å²) < 4.78 is 0.377. The summed E-state index contributed by atoms with van der Waals surface area (Å²) in [5.74, 6) is 0. The highest BCUT2D eigenvalue weighted by Crippen LogP contribution is 2.13. The third kappa shape index (κ3) is 2.76. The molecule has 0 saturated carbocycles. The quantitative estimate of drug-likeness (QED) is 0.816. The first-order valence-electron chi connectivity index (χ1n) is 5.85. The van der Waals surface area contributed by atoms with Crippen LogP contribution in [0.1, 0.15) is 27.9 Å². The van der Waals surface area contributed by atoms with Gasteiger partial charge in [0.1, 0.15) is 0 Å². The van der Waals surface area contributed by atoms with Crippen LogP contribution < -0.4 is 5.56 Å². The molecular weight excluding hydrogens is 244 g/mol. The highest BCUT2D eigenvalue weighted by molar-refractivity contribution is 7.71. The van der Waals surface area contributed by atoms with Gasteiger partial charge in [0.15, 0.2) is 4.77 Å². The predicted molar refractivity (Wildman–Crippen MR) is 75.7 cm³/mol. The van der Waals surface area contributed by atoms with E-state index < -0.39 is 0 Å². The van der Waals surface area contributed by atoms with Gasteiger partial charge in [-0.3, -0.25) is 9.78 Å². The van der Waals surface area contributed by atoms with E-state index in [-0.39, 0.29) is 5.56 Å². The molecule has 0 radical (unpaired) electrons. The van der Waals surface area contributed by atoms with Gasteiger partial charge in [0.05, 0.1) is 0 Å². The Hall–Kier alpha value is -1.68. The topological polar surface area (TPSA) is 48.6 Å². The largest absolute Gasteiger partial charge is 0.336 e. The lowest BCUT2D eigenvalue weighted by atomic mass is 10.0. The van der Waals surface area contributed by atoms with Crippen molar-refractivity contribution >= 4 is 12.2 Å². The van der Waals surface area contributed by atoms with E-state index in [2.05, 4.69) is 42.0 Å². The third-order valence-corrected chi connectivity index (χ3v) is 3.12. The molecular formula is C14H16N2OS. The van der Waals surface area contributed by atoms with Gasteiger partial charge in [0, 0.05) is 17.7 Å². The van der Waals surface area contributed by atoms with Crippen molar-refractivity contribution in [1.82, 2.24) is 9.97 Å². The monoisotopic (exact) mass is 260 g/mol. The highest BCUT2D eigenvalue weighted by Gasteiger charge is 2.06. The fourth-order valence-corrected chi connectivity index (χ4v) is 2.46. The Morgan fingerprint density at radius 2 is 1.67 bits per heavy atom. The van der Waals surface area contributed by atoms with Gasteiger partial charge in [-0.15, -0.1) is 0 Å². The number of nitrogens with one attached hydrogen (secondary N) is 2. The summed E-state index contributed by atoms with van der Waals surface area (Å²) in [4.78, 5) is 17.5. The van der Waals surface area contributed by atoms with Gasteiger partial charge in [0.2, 0.25) is 0 Å². The van der Waals surface area contributed by atoms with E-state index in [0.717, 1.165) is 16.8 Å². The second-order valence-corrected chi connectivity index (χ2v) is 5.09. The van der Waals surface area contributed by atoms with E-state index in [9.17, 15) is 4.79 Å². The zero-order valence-corrected chi connectivity index (χ0v) is 11.6. The van der Waals surface area contributed by atoms with Crippen molar-refractivity contribution in [3.63, 3.8) is 0 Å². The lowest BCUT2D eigenvalue weighted by molar-refractivity contribution is 0.961. The van der Waals surface area contributed by atoms with Crippen LogP contribution in [0.15, 0.2) is 23.0 Å². The summed E-state index contributed by atoms with van der Waals surface area (Å²) in [5, 5.41) is 0. The minimum atomic E-state index is -0.101. The maximum Gasteiger partial charge on any atom is 0.255 e. The zero-order chi connectivity index (χ0) is 13.3. The molecule has 4 heteroatoms. The predicted octanol–water partition coefficient (Wildman–Crippen LogP) is 2.95. The highest BCUT2D eigenvalue weighted by atomic mass is 32.1. The summed E-state index contributed by atoms with van der Waals surface area (Å²) in [6, 6.07) is 6.33. The number of H-pyrrole nitrogens is 2. The maximum atomic E-state index is 11.9. The molecule has 0 atom stereocenters. The fourth-order valence-electron chi connectivity index (χ4n) is 2.21. The Morgan fingerprint density at radius 1 is 1.06 bits per heavy atom. The molecule has 0 aliphatic rings. The zero-order valence-electron chi connectivity index (χ0n) is 10.8. The smallest absolute Gasteiger partial charge is 0.255 e. The molecule has 2 N–H and O–H groups in total. The molecule has 0 amide bonds. The van der Waals surface area contributed by atoms with Crippen molar-refractivity contribution in [1.29, 1.82) is 0 Å². The molecule has 2 aromatic rings. The number of hydrogen-bond donors (Lipinski definition) is 2. The van der Waals surface area contributed by atoms with Gasteiger partial charge in [-0.05, 0) is 38.6 Å². The van der Waals surface area contributed by atoms with Crippen LogP contribution in [-0.4, -0.2) is 9.97 Å². The third-order valence-electron chi connectivity index (χ3n) is 2.92. The average molecular weight is 260 g/mol. The lowest BCUT2D eigenvalue weighted by Crippen LogP contribution is -2.16. The molecule has 94 valence electrons. The van der Waals surface area contributed by atoms with Crippen LogP contribution in [0.2, 0.25) is 0 Å². The van der Waals surface area contributed by atoms with E-state index >= 15 is 0 Å². The minimum Gasteiger partial charge on any atom is -0.336 e. The molecule has 3 nitrogen and oxygen atoms in total. The lowest BCUT2D eigenvalue weighted by Gasteiger charge is -2.07. The van der Waals surface area contributed by atoms with Crippen molar-refractivity contribution < 1.29 is 0 Å². The summed E-state index contributed by atoms with van der Waals surface area (Å²) in [5.41, 5.74) is 5.05. The van der Waals surface area contributed by atoms with Crippen LogP contribution in [0.4, 0.5) is 0 Å². The van der Waals surface area contributed by atoms with Gasteiger partial charge in [-0.2, -0.15) is 0 Å². The van der Waals surface area contributed by atoms with Crippen molar-refractivity contribution in [2.45, 2.75) is 27.2 Å². The molecule has 0 unspecified atom stereocenters. The van der Waals surface area contributed by atoms with E-state index in [1.165, 1.54) is 11.1 Å². The van der Waals surface area contributed by atoms with Crippen LogP contribution in [0.3, 0.4) is 0 Å². The average Bonchev–Trinajstić information content (AvgIpc) is 2.22. The molecule has 18 heavy (non-hydrogen) atoms. The number of aryl methyl sites for hydroxylation is 3. The Labute approximate surface area is 111 Å². The summed E-state index contributed by atoms with van der Waals surface area (Å²) >= 11 is 4.94. The van der Waals surface area contributed by atoms with Crippen LogP contribution in [0, 0.1) is 25.5 Å². The number of aromatic nitrogens is 2. The summed E-state index contributed by atoms with van der Waals surface area (Å²) in [6.45, 7) is 6.00. The van der Waals surface area contributed by atoms with Crippen molar-refractivity contribution in [3.8, 4) is 0 Å². The molecule has 1 heterocycles. The van der Waals surface area contributed by atoms with Crippen molar-refractivity contribution in [2.75, 3.05) is 0 Å². The molecule has 0 spiro atoms. The summed E-state index contributed by atoms with van der Waals surface area (Å²) in [6.07, 6.45) is 0.621. The molecule has 0 aliphatic carbocycles. The maximum absolute atomic E-state index is 11.9. The van der Waals surface area contributed by atoms with Crippen LogP contribution in [0.25, 0.3) is 0 Å². The van der Waals surface area contributed by atoms with E-state index in [4.69, 9.17) is 12.2 Å². The number of benzene rings is 1. The molecule has 0 bridgehead atoms. The summed E-state index contributed by atoms with van der Waals surface area (Å²) in [7, 11) is 0. The van der Waals surface area contributed by atoms with Crippen LogP contribution in [-0.2, 0) is 6.42 Å². The SMILES string of the molecule is Cc1cc(C)cc(Cc2c(C)[nH]c(=S)[nH]c2=O)c1. The molecule has 0 aliphatic heterocycles. The Balaban J connectivity index is 2.46. The molecule has 0 fully saturated rings. The van der Waals surface area contributed by atoms with Gasteiger partial charge in [0.25, 0.3) is 5.56 Å². The molecule has 1 aromatic carbocycles. The molecule has 0 saturated heterocycles. The number of hydrogen-bond acceptors (Lipinski definition) is 2. The van der Waals surface area contributed by atoms with E-state index in [1.807, 2.05) is 6.92 Å². The van der Waals surface area contributed by atoms with Gasteiger partial charge in [-0.1, -0.05) is 29.3 Å². The second kappa shape index (κ2) is 4.90. The van der Waals surface area contributed by atoms with Gasteiger partial charge in [-0.25, -0.2) is 0 Å². The Kier molecular flexibility index (Phi) is 3.48. The van der Waals surface area contributed by atoms with E-state index in [0.29, 0.717) is 11.2 Å². The first-order chi connectivity index (χ1) is 8.45. The molecule has 2 rings (SSSR count). The van der Waals surface area contributed by atoms with Crippen LogP contribution in [0.5, 0.6) is 0 Å².